The molecule has 0 aromatic heterocycles. The van der Waals surface area contributed by atoms with Gasteiger partial charge in [0.25, 0.3) is 0 Å². The van der Waals surface area contributed by atoms with E-state index in [-0.39, 0.29) is 5.97 Å². The predicted octanol–water partition coefficient (Wildman–Crippen LogP) is 5.91. The molecular weight excluding hydrogens is 284 g/mol. The van der Waals surface area contributed by atoms with Gasteiger partial charge in [-0.2, -0.15) is 0 Å². The zero-order chi connectivity index (χ0) is 16.5. The molecule has 2 nitrogen and oxygen atoms in total. The van der Waals surface area contributed by atoms with Crippen molar-refractivity contribution in [3.8, 4) is 0 Å². The molecule has 0 heterocycles. The van der Waals surface area contributed by atoms with Crippen molar-refractivity contribution < 1.29 is 9.53 Å². The molecule has 2 fully saturated rings. The second kappa shape index (κ2) is 10.2. The average Bonchev–Trinajstić information content (AvgIpc) is 2.61. The molecule has 2 aliphatic rings. The molecule has 0 aliphatic heterocycles. The number of unbranched alkanes of at least 4 members (excludes halogenated alkanes) is 2. The van der Waals surface area contributed by atoms with E-state index in [1.807, 2.05) is 0 Å². The lowest BCUT2D eigenvalue weighted by Crippen LogP contribution is -2.25. The first kappa shape index (κ1) is 18.5. The van der Waals surface area contributed by atoms with Crippen molar-refractivity contribution >= 4 is 5.97 Å². The Morgan fingerprint density at radius 2 is 1.57 bits per heavy atom. The van der Waals surface area contributed by atoms with Gasteiger partial charge in [0.2, 0.25) is 0 Å². The standard InChI is InChI=1S/C21H36O2/c1-3-4-5-6-17-7-12-19(13-8-17)20-14-9-18(10-15-20)11-16-21(22)23-2/h11,16-20H,3-10,12-15H2,1-2H3. The molecular formula is C21H36O2. The van der Waals surface area contributed by atoms with Crippen molar-refractivity contribution in [3.63, 3.8) is 0 Å². The van der Waals surface area contributed by atoms with E-state index in [0.29, 0.717) is 5.92 Å². The van der Waals surface area contributed by atoms with Crippen LogP contribution in [-0.2, 0) is 9.53 Å². The number of methoxy groups -OCH3 is 1. The number of carbonyl (C=O) groups excluding carboxylic acids is 1. The van der Waals surface area contributed by atoms with Gasteiger partial charge in [0.15, 0.2) is 0 Å². The van der Waals surface area contributed by atoms with Crippen LogP contribution in [0.4, 0.5) is 0 Å². The smallest absolute Gasteiger partial charge is 0.330 e. The predicted molar refractivity (Wildman–Crippen MR) is 96.2 cm³/mol. The molecule has 2 rings (SSSR count). The molecule has 0 aromatic rings. The van der Waals surface area contributed by atoms with Crippen LogP contribution in [0.25, 0.3) is 0 Å². The van der Waals surface area contributed by atoms with Crippen LogP contribution in [0.5, 0.6) is 0 Å². The molecule has 0 bridgehead atoms. The highest BCUT2D eigenvalue weighted by atomic mass is 16.5. The molecule has 0 unspecified atom stereocenters. The summed E-state index contributed by atoms with van der Waals surface area (Å²) in [5, 5.41) is 0. The minimum atomic E-state index is -0.214. The molecule has 2 aliphatic carbocycles. The molecule has 0 spiro atoms. The molecule has 0 saturated heterocycles. The van der Waals surface area contributed by atoms with Crippen molar-refractivity contribution in [1.82, 2.24) is 0 Å². The molecule has 2 heteroatoms. The van der Waals surface area contributed by atoms with Crippen LogP contribution < -0.4 is 0 Å². The van der Waals surface area contributed by atoms with Gasteiger partial charge in [0, 0.05) is 6.08 Å². The Morgan fingerprint density at radius 3 is 2.13 bits per heavy atom. The van der Waals surface area contributed by atoms with Gasteiger partial charge in [0.1, 0.15) is 0 Å². The average molecular weight is 321 g/mol. The minimum absolute atomic E-state index is 0.214. The van der Waals surface area contributed by atoms with E-state index in [1.54, 1.807) is 6.08 Å². The lowest BCUT2D eigenvalue weighted by molar-refractivity contribution is -0.134. The van der Waals surface area contributed by atoms with Crippen LogP contribution in [0.1, 0.15) is 84.0 Å². The number of esters is 1. The molecule has 23 heavy (non-hydrogen) atoms. The first-order chi connectivity index (χ1) is 11.2. The van der Waals surface area contributed by atoms with E-state index in [1.165, 1.54) is 84.2 Å². The highest BCUT2D eigenvalue weighted by molar-refractivity contribution is 5.81. The third-order valence-electron chi connectivity index (χ3n) is 6.30. The van der Waals surface area contributed by atoms with Crippen molar-refractivity contribution in [2.75, 3.05) is 7.11 Å². The summed E-state index contributed by atoms with van der Waals surface area (Å²) in [5.74, 6) is 3.35. The molecule has 0 atom stereocenters. The third kappa shape index (κ3) is 6.31. The van der Waals surface area contributed by atoms with Crippen molar-refractivity contribution in [2.45, 2.75) is 84.0 Å². The van der Waals surface area contributed by atoms with Crippen LogP contribution in [0, 0.1) is 23.7 Å². The van der Waals surface area contributed by atoms with E-state index in [0.717, 1.165) is 17.8 Å². The summed E-state index contributed by atoms with van der Waals surface area (Å²) in [6.07, 6.45) is 20.5. The Kier molecular flexibility index (Phi) is 8.19. The number of carbonyl (C=O) groups is 1. The SMILES string of the molecule is CCCCCC1CCC(C2CCC(C=CC(=O)OC)CC2)CC1. The quantitative estimate of drug-likeness (QED) is 0.331. The van der Waals surface area contributed by atoms with Crippen molar-refractivity contribution in [3.05, 3.63) is 12.2 Å². The van der Waals surface area contributed by atoms with E-state index < -0.39 is 0 Å². The van der Waals surface area contributed by atoms with E-state index in [4.69, 9.17) is 0 Å². The van der Waals surface area contributed by atoms with Gasteiger partial charge in [-0.15, -0.1) is 0 Å². The summed E-state index contributed by atoms with van der Waals surface area (Å²) < 4.78 is 4.68. The van der Waals surface area contributed by atoms with Crippen molar-refractivity contribution in [1.29, 1.82) is 0 Å². The number of ether oxygens (including phenoxy) is 1. The maximum Gasteiger partial charge on any atom is 0.330 e. The third-order valence-corrected chi connectivity index (χ3v) is 6.30. The highest BCUT2D eigenvalue weighted by Gasteiger charge is 2.30. The normalized spacial score (nSPS) is 32.1. The minimum Gasteiger partial charge on any atom is -0.466 e. The molecule has 0 radical (unpaired) electrons. The lowest BCUT2D eigenvalue weighted by Gasteiger charge is -2.37. The summed E-state index contributed by atoms with van der Waals surface area (Å²) in [4.78, 5) is 11.2. The summed E-state index contributed by atoms with van der Waals surface area (Å²) in [7, 11) is 1.45. The number of hydrogen-bond acceptors (Lipinski definition) is 2. The Labute approximate surface area is 143 Å². The van der Waals surface area contributed by atoms with Gasteiger partial charge in [-0.3, -0.25) is 0 Å². The summed E-state index contributed by atoms with van der Waals surface area (Å²) >= 11 is 0. The van der Waals surface area contributed by atoms with E-state index in [9.17, 15) is 4.79 Å². The Hall–Kier alpha value is -0.790. The summed E-state index contributed by atoms with van der Waals surface area (Å²) in [6, 6.07) is 0. The van der Waals surface area contributed by atoms with Crippen LogP contribution in [0.15, 0.2) is 12.2 Å². The van der Waals surface area contributed by atoms with Gasteiger partial charge >= 0.3 is 5.97 Å². The second-order valence-corrected chi connectivity index (χ2v) is 7.83. The zero-order valence-corrected chi connectivity index (χ0v) is 15.3. The molecule has 0 aromatic carbocycles. The van der Waals surface area contributed by atoms with E-state index >= 15 is 0 Å². The van der Waals surface area contributed by atoms with Crippen molar-refractivity contribution in [2.24, 2.45) is 23.7 Å². The van der Waals surface area contributed by atoms with Gasteiger partial charge < -0.3 is 4.74 Å². The van der Waals surface area contributed by atoms with E-state index in [2.05, 4.69) is 17.7 Å². The summed E-state index contributed by atoms with van der Waals surface area (Å²) in [5.41, 5.74) is 0. The monoisotopic (exact) mass is 320 g/mol. The fraction of sp³-hybridized carbons (Fsp3) is 0.857. The summed E-state index contributed by atoms with van der Waals surface area (Å²) in [6.45, 7) is 2.30. The van der Waals surface area contributed by atoms with Crippen LogP contribution in [-0.4, -0.2) is 13.1 Å². The van der Waals surface area contributed by atoms with Gasteiger partial charge in [0.05, 0.1) is 7.11 Å². The number of hydrogen-bond donors (Lipinski definition) is 0. The zero-order valence-electron chi connectivity index (χ0n) is 15.3. The maximum atomic E-state index is 11.2. The largest absolute Gasteiger partial charge is 0.466 e. The Bertz CT molecular complexity index is 358. The van der Waals surface area contributed by atoms with Gasteiger partial charge in [-0.25, -0.2) is 4.79 Å². The number of allylic oxidation sites excluding steroid dienone is 1. The Balaban J connectivity index is 1.64. The fourth-order valence-electron chi connectivity index (χ4n) is 4.72. The van der Waals surface area contributed by atoms with Gasteiger partial charge in [-0.05, 0) is 62.2 Å². The molecule has 0 amide bonds. The Morgan fingerprint density at radius 1 is 0.957 bits per heavy atom. The first-order valence-corrected chi connectivity index (χ1v) is 9.99. The second-order valence-electron chi connectivity index (χ2n) is 7.83. The lowest BCUT2D eigenvalue weighted by atomic mass is 9.68. The fourth-order valence-corrected chi connectivity index (χ4v) is 4.72. The topological polar surface area (TPSA) is 26.3 Å². The van der Waals surface area contributed by atoms with Crippen LogP contribution in [0.2, 0.25) is 0 Å². The molecule has 2 saturated carbocycles. The number of rotatable bonds is 7. The van der Waals surface area contributed by atoms with Crippen LogP contribution in [0.3, 0.4) is 0 Å². The van der Waals surface area contributed by atoms with Gasteiger partial charge in [-0.1, -0.05) is 51.5 Å². The first-order valence-electron chi connectivity index (χ1n) is 9.99. The maximum absolute atomic E-state index is 11.2. The molecule has 132 valence electrons. The van der Waals surface area contributed by atoms with Crippen LogP contribution >= 0.6 is 0 Å². The highest BCUT2D eigenvalue weighted by Crippen LogP contribution is 2.42. The molecule has 0 N–H and O–H groups in total.